The van der Waals surface area contributed by atoms with E-state index in [1.807, 2.05) is 6.92 Å². The van der Waals surface area contributed by atoms with Gasteiger partial charge in [0.15, 0.2) is 5.78 Å². The average molecular weight is 264 g/mol. The van der Waals surface area contributed by atoms with Crippen molar-refractivity contribution in [1.82, 2.24) is 4.98 Å². The Bertz CT molecular complexity index is 472. The topological polar surface area (TPSA) is 30.0 Å². The maximum Gasteiger partial charge on any atom is 0.433 e. The molecule has 1 aliphatic rings. The molecule has 1 aromatic rings. The van der Waals surface area contributed by atoms with Gasteiger partial charge in [0.1, 0.15) is 10.8 Å². The summed E-state index contributed by atoms with van der Waals surface area (Å²) in [6, 6.07) is 1.89. The molecule has 2 nitrogen and oxygen atoms in total. The molecule has 1 aliphatic carbocycles. The minimum atomic E-state index is -4.54. The van der Waals surface area contributed by atoms with Crippen molar-refractivity contribution in [2.24, 2.45) is 11.8 Å². The molecule has 1 aromatic heterocycles. The third kappa shape index (κ3) is 2.44. The molecule has 0 aromatic carbocycles. The van der Waals surface area contributed by atoms with Gasteiger partial charge in [-0.1, -0.05) is 18.5 Å². The Morgan fingerprint density at radius 2 is 2.06 bits per heavy atom. The van der Waals surface area contributed by atoms with E-state index in [1.165, 1.54) is 0 Å². The molecule has 2 rings (SSSR count). The zero-order valence-electron chi connectivity index (χ0n) is 8.88. The highest BCUT2D eigenvalue weighted by Crippen LogP contribution is 2.41. The van der Waals surface area contributed by atoms with Crippen molar-refractivity contribution in [3.8, 4) is 0 Å². The number of nitrogens with zero attached hydrogens (tertiary/aromatic N) is 1. The van der Waals surface area contributed by atoms with Gasteiger partial charge in [0.05, 0.1) is 5.56 Å². The van der Waals surface area contributed by atoms with Crippen LogP contribution in [0.2, 0.25) is 5.15 Å². The van der Waals surface area contributed by atoms with Crippen LogP contribution in [0.1, 0.15) is 29.4 Å². The summed E-state index contributed by atoms with van der Waals surface area (Å²) in [5.74, 6) is -0.0596. The highest BCUT2D eigenvalue weighted by molar-refractivity contribution is 6.33. The number of carbonyl (C=O) groups excluding carboxylic acids is 1. The standard InChI is InChI=1S/C11H9ClF3NO/c1-5-4-7(5)9(17)6-2-3-8(11(13,14)15)16-10(6)12/h2-3,5,7H,4H2,1H3. The van der Waals surface area contributed by atoms with Gasteiger partial charge in [0.25, 0.3) is 0 Å². The van der Waals surface area contributed by atoms with Gasteiger partial charge in [-0.15, -0.1) is 0 Å². The Morgan fingerprint density at radius 3 is 2.47 bits per heavy atom. The van der Waals surface area contributed by atoms with Crippen LogP contribution in [0.25, 0.3) is 0 Å². The lowest BCUT2D eigenvalue weighted by molar-refractivity contribution is -0.141. The van der Waals surface area contributed by atoms with Crippen LogP contribution in [-0.4, -0.2) is 10.8 Å². The number of carbonyl (C=O) groups is 1. The number of ketones is 1. The summed E-state index contributed by atoms with van der Waals surface area (Å²) in [6.07, 6.45) is -3.78. The van der Waals surface area contributed by atoms with Crippen molar-refractivity contribution in [1.29, 1.82) is 0 Å². The Hall–Kier alpha value is -1.10. The molecule has 0 radical (unpaired) electrons. The van der Waals surface area contributed by atoms with Gasteiger partial charge in [0, 0.05) is 5.92 Å². The predicted molar refractivity (Wildman–Crippen MR) is 55.9 cm³/mol. The molecule has 2 atom stereocenters. The lowest BCUT2D eigenvalue weighted by atomic mass is 10.1. The van der Waals surface area contributed by atoms with Gasteiger partial charge in [-0.3, -0.25) is 4.79 Å². The van der Waals surface area contributed by atoms with Crippen LogP contribution in [0.4, 0.5) is 13.2 Å². The zero-order chi connectivity index (χ0) is 12.8. The van der Waals surface area contributed by atoms with Gasteiger partial charge >= 0.3 is 6.18 Å². The Balaban J connectivity index is 2.29. The number of aromatic nitrogens is 1. The van der Waals surface area contributed by atoms with Gasteiger partial charge in [-0.2, -0.15) is 13.2 Å². The summed E-state index contributed by atoms with van der Waals surface area (Å²) in [6.45, 7) is 1.91. The van der Waals surface area contributed by atoms with Gasteiger partial charge in [-0.25, -0.2) is 4.98 Å². The number of Topliss-reactive ketones (excluding diaryl/α,β-unsaturated/α-hetero) is 1. The highest BCUT2D eigenvalue weighted by Gasteiger charge is 2.41. The fourth-order valence-electron chi connectivity index (χ4n) is 1.66. The molecule has 1 heterocycles. The van der Waals surface area contributed by atoms with Crippen LogP contribution in [0.3, 0.4) is 0 Å². The summed E-state index contributed by atoms with van der Waals surface area (Å²) in [4.78, 5) is 15.0. The zero-order valence-corrected chi connectivity index (χ0v) is 9.64. The van der Waals surface area contributed by atoms with Crippen LogP contribution in [0.15, 0.2) is 12.1 Å². The molecule has 17 heavy (non-hydrogen) atoms. The second kappa shape index (κ2) is 3.98. The minimum Gasteiger partial charge on any atom is -0.294 e. The Labute approximate surface area is 101 Å². The van der Waals surface area contributed by atoms with Crippen LogP contribution in [0.5, 0.6) is 0 Å². The lowest BCUT2D eigenvalue weighted by Crippen LogP contribution is -2.11. The molecular weight excluding hydrogens is 255 g/mol. The SMILES string of the molecule is CC1CC1C(=O)c1ccc(C(F)(F)F)nc1Cl. The summed E-state index contributed by atoms with van der Waals surface area (Å²) in [7, 11) is 0. The average Bonchev–Trinajstić information content (AvgIpc) is 2.93. The largest absolute Gasteiger partial charge is 0.433 e. The summed E-state index contributed by atoms with van der Waals surface area (Å²) in [5.41, 5.74) is -1.00. The first kappa shape index (κ1) is 12.4. The molecule has 2 unspecified atom stereocenters. The van der Waals surface area contributed by atoms with E-state index in [4.69, 9.17) is 11.6 Å². The van der Waals surface area contributed by atoms with Gasteiger partial charge < -0.3 is 0 Å². The fourth-order valence-corrected chi connectivity index (χ4v) is 1.91. The molecular formula is C11H9ClF3NO. The van der Waals surface area contributed by atoms with E-state index in [1.54, 1.807) is 0 Å². The number of pyridine rings is 1. The van der Waals surface area contributed by atoms with E-state index < -0.39 is 11.9 Å². The molecule has 0 saturated heterocycles. The van der Waals surface area contributed by atoms with Crippen molar-refractivity contribution in [3.63, 3.8) is 0 Å². The first-order chi connectivity index (χ1) is 7.80. The molecule has 0 bridgehead atoms. The molecule has 1 fully saturated rings. The van der Waals surface area contributed by atoms with Crippen LogP contribution in [0, 0.1) is 11.8 Å². The number of rotatable bonds is 2. The molecule has 0 aliphatic heterocycles. The smallest absolute Gasteiger partial charge is 0.294 e. The van der Waals surface area contributed by atoms with Crippen molar-refractivity contribution in [2.75, 3.05) is 0 Å². The van der Waals surface area contributed by atoms with E-state index in [9.17, 15) is 18.0 Å². The second-order valence-corrected chi connectivity index (χ2v) is 4.57. The van der Waals surface area contributed by atoms with E-state index in [-0.39, 0.29) is 28.3 Å². The van der Waals surface area contributed by atoms with Gasteiger partial charge in [-0.05, 0) is 24.5 Å². The van der Waals surface area contributed by atoms with Crippen molar-refractivity contribution in [2.45, 2.75) is 19.5 Å². The monoisotopic (exact) mass is 263 g/mol. The maximum absolute atomic E-state index is 12.3. The quantitative estimate of drug-likeness (QED) is 0.603. The van der Waals surface area contributed by atoms with E-state index >= 15 is 0 Å². The van der Waals surface area contributed by atoms with Crippen LogP contribution >= 0.6 is 11.6 Å². The Kier molecular flexibility index (Phi) is 2.89. The molecule has 1 saturated carbocycles. The number of hydrogen-bond donors (Lipinski definition) is 0. The maximum atomic E-state index is 12.3. The molecule has 0 spiro atoms. The van der Waals surface area contributed by atoms with Crippen LogP contribution in [-0.2, 0) is 6.18 Å². The Morgan fingerprint density at radius 1 is 1.47 bits per heavy atom. The van der Waals surface area contributed by atoms with Crippen molar-refractivity contribution in [3.05, 3.63) is 28.5 Å². The highest BCUT2D eigenvalue weighted by atomic mass is 35.5. The number of halogens is 4. The van der Waals surface area contributed by atoms with Gasteiger partial charge in [0.2, 0.25) is 0 Å². The molecule has 92 valence electrons. The lowest BCUT2D eigenvalue weighted by Gasteiger charge is -2.08. The molecule has 6 heteroatoms. The number of alkyl halides is 3. The normalized spacial score (nSPS) is 23.6. The second-order valence-electron chi connectivity index (χ2n) is 4.22. The first-order valence-electron chi connectivity index (χ1n) is 5.08. The summed E-state index contributed by atoms with van der Waals surface area (Å²) in [5, 5.41) is -0.371. The molecule has 0 N–H and O–H groups in total. The van der Waals surface area contributed by atoms with Crippen molar-refractivity contribution < 1.29 is 18.0 Å². The van der Waals surface area contributed by atoms with E-state index in [2.05, 4.69) is 4.98 Å². The minimum absolute atomic E-state index is 0.0778. The molecule has 0 amide bonds. The van der Waals surface area contributed by atoms with Crippen molar-refractivity contribution >= 4 is 17.4 Å². The summed E-state index contributed by atoms with van der Waals surface area (Å²) >= 11 is 5.62. The fraction of sp³-hybridized carbons (Fsp3) is 0.455. The first-order valence-corrected chi connectivity index (χ1v) is 5.46. The van der Waals surface area contributed by atoms with Crippen LogP contribution < -0.4 is 0 Å². The number of hydrogen-bond acceptors (Lipinski definition) is 2. The van der Waals surface area contributed by atoms with E-state index in [0.717, 1.165) is 18.6 Å². The predicted octanol–water partition coefficient (Wildman–Crippen LogP) is 3.59. The summed E-state index contributed by atoms with van der Waals surface area (Å²) < 4.78 is 37.0. The third-order valence-corrected chi connectivity index (χ3v) is 3.14. The van der Waals surface area contributed by atoms with E-state index in [0.29, 0.717) is 0 Å². The third-order valence-electron chi connectivity index (χ3n) is 2.85.